The highest BCUT2D eigenvalue weighted by Crippen LogP contribution is 2.38. The molecule has 2 aliphatic rings. The lowest BCUT2D eigenvalue weighted by molar-refractivity contribution is -0.116. The number of anilines is 1. The van der Waals surface area contributed by atoms with E-state index in [1.165, 1.54) is 0 Å². The zero-order valence-electron chi connectivity index (χ0n) is 17.4. The Morgan fingerprint density at radius 1 is 1.17 bits per heavy atom. The third-order valence-electron chi connectivity index (χ3n) is 6.22. The predicted octanol–water partition coefficient (Wildman–Crippen LogP) is 2.86. The largest absolute Gasteiger partial charge is 0.490 e. The van der Waals surface area contributed by atoms with Crippen LogP contribution in [0.25, 0.3) is 0 Å². The van der Waals surface area contributed by atoms with Gasteiger partial charge in [0.1, 0.15) is 18.5 Å². The van der Waals surface area contributed by atoms with Crippen molar-refractivity contribution in [2.45, 2.75) is 43.8 Å². The first-order chi connectivity index (χ1) is 14.4. The fraction of sp³-hybridized carbons (Fsp3) is 0.458. The number of nitrogens with zero attached hydrogens (tertiary/aromatic N) is 1. The summed E-state index contributed by atoms with van der Waals surface area (Å²) in [7, 11) is 0. The van der Waals surface area contributed by atoms with Crippen molar-refractivity contribution in [3.8, 4) is 5.75 Å². The molecule has 6 heteroatoms. The number of piperidine rings is 1. The smallest absolute Gasteiger partial charge is 0.224 e. The minimum Gasteiger partial charge on any atom is -0.490 e. The maximum Gasteiger partial charge on any atom is 0.224 e. The van der Waals surface area contributed by atoms with Crippen molar-refractivity contribution in [1.29, 1.82) is 0 Å². The summed E-state index contributed by atoms with van der Waals surface area (Å²) in [6.45, 7) is 4.17. The standard InChI is InChI=1S/C24H30N2O4/c1-17-14-22(28)25-20-8-5-9-21(23(17)20)30-16-19(27)15-26-12-10-24(29,11-13-26)18-6-3-2-4-7-18/h2-9,17,19,27,29H,10-16H2,1H3,(H,25,28). The topological polar surface area (TPSA) is 82.0 Å². The van der Waals surface area contributed by atoms with Gasteiger partial charge in [-0.15, -0.1) is 0 Å². The number of carbonyl (C=O) groups excluding carboxylic acids is 1. The Kier molecular flexibility index (Phi) is 6.09. The number of β-amino-alcohol motifs (C(OH)–C–C–N with tert-alkyl or cyclic N) is 1. The number of rotatable bonds is 6. The average Bonchev–Trinajstić information content (AvgIpc) is 2.74. The van der Waals surface area contributed by atoms with Crippen LogP contribution in [0.4, 0.5) is 5.69 Å². The van der Waals surface area contributed by atoms with Crippen LogP contribution < -0.4 is 10.1 Å². The van der Waals surface area contributed by atoms with E-state index in [0.29, 0.717) is 25.8 Å². The van der Waals surface area contributed by atoms with Gasteiger partial charge >= 0.3 is 0 Å². The van der Waals surface area contributed by atoms with Crippen molar-refractivity contribution >= 4 is 11.6 Å². The number of benzene rings is 2. The highest BCUT2D eigenvalue weighted by atomic mass is 16.5. The molecule has 0 saturated carbocycles. The molecule has 0 aliphatic carbocycles. The molecule has 4 rings (SSSR count). The molecule has 1 saturated heterocycles. The van der Waals surface area contributed by atoms with Gasteiger partial charge in [0.25, 0.3) is 0 Å². The van der Waals surface area contributed by atoms with E-state index >= 15 is 0 Å². The lowest BCUT2D eigenvalue weighted by Gasteiger charge is -2.39. The third kappa shape index (κ3) is 4.51. The second-order valence-electron chi connectivity index (χ2n) is 8.53. The van der Waals surface area contributed by atoms with E-state index in [4.69, 9.17) is 4.74 Å². The molecule has 30 heavy (non-hydrogen) atoms. The second-order valence-corrected chi connectivity index (χ2v) is 8.53. The van der Waals surface area contributed by atoms with Gasteiger partial charge in [0.2, 0.25) is 5.91 Å². The van der Waals surface area contributed by atoms with Crippen LogP contribution in [0, 0.1) is 0 Å². The maximum absolute atomic E-state index is 11.8. The molecule has 0 spiro atoms. The van der Waals surface area contributed by atoms with Gasteiger partial charge in [-0.3, -0.25) is 4.79 Å². The number of likely N-dealkylation sites (tertiary alicyclic amines) is 1. The molecule has 6 nitrogen and oxygen atoms in total. The Morgan fingerprint density at radius 3 is 2.63 bits per heavy atom. The van der Waals surface area contributed by atoms with Gasteiger partial charge in [0.05, 0.1) is 5.60 Å². The van der Waals surface area contributed by atoms with Crippen LogP contribution in [0.1, 0.15) is 43.2 Å². The Hall–Kier alpha value is -2.41. The van der Waals surface area contributed by atoms with E-state index < -0.39 is 11.7 Å². The van der Waals surface area contributed by atoms with Crippen LogP contribution in [0.3, 0.4) is 0 Å². The second kappa shape index (κ2) is 8.76. The van der Waals surface area contributed by atoms with E-state index in [0.717, 1.165) is 35.7 Å². The molecule has 2 aromatic carbocycles. The summed E-state index contributed by atoms with van der Waals surface area (Å²) in [4.78, 5) is 13.9. The van der Waals surface area contributed by atoms with Crippen molar-refractivity contribution < 1.29 is 19.7 Å². The van der Waals surface area contributed by atoms with Crippen molar-refractivity contribution in [3.05, 3.63) is 59.7 Å². The van der Waals surface area contributed by atoms with Crippen molar-refractivity contribution in [1.82, 2.24) is 4.90 Å². The van der Waals surface area contributed by atoms with Gasteiger partial charge in [-0.05, 0) is 36.5 Å². The molecule has 160 valence electrons. The fourth-order valence-electron chi connectivity index (χ4n) is 4.55. The van der Waals surface area contributed by atoms with Gasteiger partial charge in [-0.2, -0.15) is 0 Å². The van der Waals surface area contributed by atoms with Gasteiger partial charge in [0.15, 0.2) is 0 Å². The minimum absolute atomic E-state index is 0.0211. The van der Waals surface area contributed by atoms with Crippen LogP contribution in [0.2, 0.25) is 0 Å². The highest BCUT2D eigenvalue weighted by molar-refractivity contribution is 5.95. The summed E-state index contributed by atoms with van der Waals surface area (Å²) in [5.74, 6) is 0.823. The van der Waals surface area contributed by atoms with Gasteiger partial charge < -0.3 is 25.2 Å². The van der Waals surface area contributed by atoms with Crippen molar-refractivity contribution in [2.75, 3.05) is 31.6 Å². The van der Waals surface area contributed by atoms with Crippen LogP contribution in [-0.2, 0) is 10.4 Å². The SMILES string of the molecule is CC1CC(=O)Nc2cccc(OCC(O)CN3CCC(O)(c4ccccc4)CC3)c21. The normalized spacial score (nSPS) is 22.1. The zero-order valence-corrected chi connectivity index (χ0v) is 17.4. The number of amides is 1. The number of aliphatic hydroxyl groups is 2. The molecule has 2 aromatic rings. The Morgan fingerprint density at radius 2 is 1.90 bits per heavy atom. The summed E-state index contributed by atoms with van der Waals surface area (Å²) < 4.78 is 5.95. The summed E-state index contributed by atoms with van der Waals surface area (Å²) in [6, 6.07) is 15.4. The van der Waals surface area contributed by atoms with E-state index in [-0.39, 0.29) is 18.4 Å². The number of hydrogen-bond acceptors (Lipinski definition) is 5. The van der Waals surface area contributed by atoms with Crippen LogP contribution in [-0.4, -0.2) is 53.4 Å². The number of ether oxygens (including phenoxy) is 1. The Balaban J connectivity index is 1.30. The lowest BCUT2D eigenvalue weighted by atomic mass is 9.84. The number of fused-ring (bicyclic) bond motifs is 1. The molecule has 0 bridgehead atoms. The van der Waals surface area contributed by atoms with Crippen LogP contribution in [0.5, 0.6) is 5.75 Å². The summed E-state index contributed by atoms with van der Waals surface area (Å²) >= 11 is 0. The molecule has 0 aromatic heterocycles. The first-order valence-electron chi connectivity index (χ1n) is 10.7. The zero-order chi connectivity index (χ0) is 21.1. The number of nitrogens with one attached hydrogen (secondary N) is 1. The van der Waals surface area contributed by atoms with Crippen LogP contribution >= 0.6 is 0 Å². The van der Waals surface area contributed by atoms with E-state index in [1.54, 1.807) is 0 Å². The molecule has 0 radical (unpaired) electrons. The van der Waals surface area contributed by atoms with Gasteiger partial charge in [-0.1, -0.05) is 43.3 Å². The monoisotopic (exact) mass is 410 g/mol. The Bertz CT molecular complexity index is 878. The first kappa shape index (κ1) is 20.8. The molecule has 1 fully saturated rings. The van der Waals surface area contributed by atoms with E-state index in [9.17, 15) is 15.0 Å². The minimum atomic E-state index is -0.789. The number of carbonyl (C=O) groups is 1. The maximum atomic E-state index is 11.8. The number of hydrogen-bond donors (Lipinski definition) is 3. The molecule has 2 heterocycles. The molecular weight excluding hydrogens is 380 g/mol. The highest BCUT2D eigenvalue weighted by Gasteiger charge is 2.34. The lowest BCUT2D eigenvalue weighted by Crippen LogP contribution is -2.46. The quantitative estimate of drug-likeness (QED) is 0.682. The third-order valence-corrected chi connectivity index (χ3v) is 6.22. The summed E-state index contributed by atoms with van der Waals surface area (Å²) in [6.07, 6.45) is 1.10. The fourth-order valence-corrected chi connectivity index (χ4v) is 4.55. The van der Waals surface area contributed by atoms with Gasteiger partial charge in [-0.25, -0.2) is 0 Å². The van der Waals surface area contributed by atoms with E-state index in [1.807, 2.05) is 55.5 Å². The van der Waals surface area contributed by atoms with Crippen molar-refractivity contribution in [3.63, 3.8) is 0 Å². The predicted molar refractivity (Wildman–Crippen MR) is 116 cm³/mol. The summed E-state index contributed by atoms with van der Waals surface area (Å²) in [5, 5.41) is 24.4. The molecule has 2 aliphatic heterocycles. The molecule has 1 amide bonds. The molecule has 2 atom stereocenters. The van der Waals surface area contributed by atoms with Crippen LogP contribution in [0.15, 0.2) is 48.5 Å². The molecule has 3 N–H and O–H groups in total. The van der Waals surface area contributed by atoms with E-state index in [2.05, 4.69) is 10.2 Å². The van der Waals surface area contributed by atoms with Crippen molar-refractivity contribution in [2.24, 2.45) is 0 Å². The number of aliphatic hydroxyl groups excluding tert-OH is 1. The average molecular weight is 411 g/mol. The first-order valence-corrected chi connectivity index (χ1v) is 10.7. The van der Waals surface area contributed by atoms with Gasteiger partial charge in [0, 0.05) is 37.3 Å². The molecular formula is C24H30N2O4. The molecule has 2 unspecified atom stereocenters. The summed E-state index contributed by atoms with van der Waals surface area (Å²) in [5.41, 5.74) is 1.96. The Labute approximate surface area is 177 Å².